The van der Waals surface area contributed by atoms with Crippen LogP contribution >= 0.6 is 0 Å². The number of rotatable bonds is 5. The average molecular weight is 286 g/mol. The summed E-state index contributed by atoms with van der Waals surface area (Å²) >= 11 is 0. The second kappa shape index (κ2) is 9.66. The van der Waals surface area contributed by atoms with Crippen molar-refractivity contribution in [2.75, 3.05) is 0 Å². The molecule has 0 aliphatic heterocycles. The maximum absolute atomic E-state index is 11.3. The molecule has 0 aliphatic carbocycles. The number of aliphatic carboxylic acids is 2. The Balaban J connectivity index is 0. The van der Waals surface area contributed by atoms with Crippen LogP contribution in [-0.4, -0.2) is 103 Å². The zero-order valence-corrected chi connectivity index (χ0v) is 9.01. The summed E-state index contributed by atoms with van der Waals surface area (Å²) in [4.78, 5) is 22.5. The Morgan fingerprint density at radius 1 is 1.11 bits per heavy atom. The van der Waals surface area contributed by atoms with Crippen molar-refractivity contribution >= 4 is 92.9 Å². The molecule has 0 aliphatic rings. The maximum atomic E-state index is 11.3. The van der Waals surface area contributed by atoms with Crippen LogP contribution in [0.5, 0.6) is 0 Å². The van der Waals surface area contributed by atoms with E-state index in [1.165, 1.54) is 12.1 Å². The summed E-state index contributed by atoms with van der Waals surface area (Å²) < 4.78 is 0. The molecule has 0 heterocycles. The second-order valence-corrected chi connectivity index (χ2v) is 3.63. The van der Waals surface area contributed by atoms with Gasteiger partial charge in [0.05, 0.1) is 0 Å². The number of hydrogen-bond acceptors (Lipinski definition) is 2. The molecule has 0 aromatic heterocycles. The van der Waals surface area contributed by atoms with Crippen LogP contribution in [-0.2, 0) is 15.0 Å². The summed E-state index contributed by atoms with van der Waals surface area (Å²) in [6.45, 7) is 1.77. The Morgan fingerprint density at radius 3 is 1.89 bits per heavy atom. The monoisotopic (exact) mass is 286 g/mol. The van der Waals surface area contributed by atoms with Gasteiger partial charge in [0.1, 0.15) is 0 Å². The Bertz CT molecular complexity index is 380. The molecule has 18 heavy (non-hydrogen) atoms. The second-order valence-electron chi connectivity index (χ2n) is 3.63. The third-order valence-corrected chi connectivity index (χ3v) is 2.62. The van der Waals surface area contributed by atoms with Crippen LogP contribution in [0.3, 0.4) is 0 Å². The predicted molar refractivity (Wildman–Crippen MR) is 72.6 cm³/mol. The molecule has 0 saturated heterocycles. The van der Waals surface area contributed by atoms with E-state index in [1.807, 2.05) is 0 Å². The molecule has 0 radical (unpaired) electrons. The molecular formula is C12H16KNaO4. The molecule has 0 unspecified atom stereocenters. The Labute approximate surface area is 171 Å². The molecule has 1 aromatic rings. The molecular weight excluding hydrogens is 270 g/mol. The number of carboxylic acids is 2. The van der Waals surface area contributed by atoms with Gasteiger partial charge in [-0.3, -0.25) is 9.59 Å². The van der Waals surface area contributed by atoms with Crippen molar-refractivity contribution in [3.05, 3.63) is 35.9 Å². The molecule has 0 bridgehead atoms. The van der Waals surface area contributed by atoms with Gasteiger partial charge in [-0.1, -0.05) is 43.7 Å². The molecule has 4 nitrogen and oxygen atoms in total. The Hall–Kier alpha value is 0.796. The number of hydrogen-bond donors (Lipinski definition) is 2. The summed E-state index contributed by atoms with van der Waals surface area (Å²) in [7, 11) is 0. The Morgan fingerprint density at radius 2 is 1.56 bits per heavy atom. The standard InChI is InChI=1S/C12H14O4.K.Na.2H/c1-2-8-12(10(13)14,11(15)16)9-6-4-3-5-7-9;;;;/h3-7H,2,8H2,1H3,(H,13,14)(H,15,16);;;;. The third-order valence-electron chi connectivity index (χ3n) is 2.62. The molecule has 0 atom stereocenters. The van der Waals surface area contributed by atoms with Gasteiger partial charge in [0.15, 0.2) is 5.41 Å². The Kier molecular flexibility index (Phi) is 11.3. The quantitative estimate of drug-likeness (QED) is 0.614. The van der Waals surface area contributed by atoms with Crippen LogP contribution in [0.4, 0.5) is 0 Å². The van der Waals surface area contributed by atoms with Gasteiger partial charge in [-0.25, -0.2) is 0 Å². The number of carbonyl (C=O) groups is 2. The van der Waals surface area contributed by atoms with Crippen LogP contribution in [0.1, 0.15) is 25.3 Å². The van der Waals surface area contributed by atoms with Gasteiger partial charge in [-0.05, 0) is 12.0 Å². The van der Waals surface area contributed by atoms with Crippen molar-refractivity contribution in [1.82, 2.24) is 0 Å². The van der Waals surface area contributed by atoms with E-state index in [1.54, 1.807) is 25.1 Å². The molecule has 0 spiro atoms. The van der Waals surface area contributed by atoms with Crippen molar-refractivity contribution in [3.8, 4) is 0 Å². The fourth-order valence-corrected chi connectivity index (χ4v) is 1.79. The van der Waals surface area contributed by atoms with Crippen LogP contribution < -0.4 is 0 Å². The fourth-order valence-electron chi connectivity index (χ4n) is 1.79. The first-order valence-corrected chi connectivity index (χ1v) is 5.08. The van der Waals surface area contributed by atoms with Crippen LogP contribution in [0.25, 0.3) is 0 Å². The topological polar surface area (TPSA) is 74.6 Å². The van der Waals surface area contributed by atoms with Gasteiger partial charge < -0.3 is 10.2 Å². The van der Waals surface area contributed by atoms with Crippen LogP contribution in [0.2, 0.25) is 0 Å². The van der Waals surface area contributed by atoms with Gasteiger partial charge in [0.25, 0.3) is 0 Å². The van der Waals surface area contributed by atoms with Crippen molar-refractivity contribution in [2.45, 2.75) is 25.2 Å². The fraction of sp³-hybridized carbons (Fsp3) is 0.333. The number of carboxylic acid groups (broad SMARTS) is 2. The molecule has 0 saturated carbocycles. The molecule has 6 heteroatoms. The van der Waals surface area contributed by atoms with E-state index < -0.39 is 17.4 Å². The predicted octanol–water partition coefficient (Wildman–Crippen LogP) is 0.597. The van der Waals surface area contributed by atoms with E-state index in [0.717, 1.165) is 0 Å². The van der Waals surface area contributed by atoms with E-state index >= 15 is 0 Å². The first-order chi connectivity index (χ1) is 7.55. The van der Waals surface area contributed by atoms with Crippen LogP contribution in [0.15, 0.2) is 30.3 Å². The average Bonchev–Trinajstić information content (AvgIpc) is 2.26. The van der Waals surface area contributed by atoms with Crippen LogP contribution in [0, 0.1) is 0 Å². The van der Waals surface area contributed by atoms with Crippen molar-refractivity contribution < 1.29 is 19.8 Å². The van der Waals surface area contributed by atoms with Gasteiger partial charge in [-0.15, -0.1) is 0 Å². The van der Waals surface area contributed by atoms with E-state index in [9.17, 15) is 19.8 Å². The molecule has 90 valence electrons. The summed E-state index contributed by atoms with van der Waals surface area (Å²) in [6.07, 6.45) is 0.579. The normalized spacial score (nSPS) is 9.83. The summed E-state index contributed by atoms with van der Waals surface area (Å²) in [5, 5.41) is 18.4. The van der Waals surface area contributed by atoms with E-state index in [4.69, 9.17) is 0 Å². The summed E-state index contributed by atoms with van der Waals surface area (Å²) in [6, 6.07) is 8.09. The van der Waals surface area contributed by atoms with E-state index in [0.29, 0.717) is 12.0 Å². The molecule has 0 amide bonds. The van der Waals surface area contributed by atoms with Gasteiger partial charge >= 0.3 is 92.9 Å². The van der Waals surface area contributed by atoms with Gasteiger partial charge in [0, 0.05) is 0 Å². The van der Waals surface area contributed by atoms with Gasteiger partial charge in [0.2, 0.25) is 0 Å². The van der Waals surface area contributed by atoms with Crippen molar-refractivity contribution in [1.29, 1.82) is 0 Å². The molecule has 2 N–H and O–H groups in total. The van der Waals surface area contributed by atoms with Crippen molar-refractivity contribution in [2.24, 2.45) is 0 Å². The summed E-state index contributed by atoms with van der Waals surface area (Å²) in [5.74, 6) is -2.62. The number of benzene rings is 1. The molecule has 1 rings (SSSR count). The van der Waals surface area contributed by atoms with Crippen molar-refractivity contribution in [3.63, 3.8) is 0 Å². The first kappa shape index (κ1) is 21.1. The first-order valence-electron chi connectivity index (χ1n) is 5.08. The minimum absolute atomic E-state index is 0. The van der Waals surface area contributed by atoms with E-state index in [2.05, 4.69) is 0 Å². The SMILES string of the molecule is CCCC(C(=O)O)(C(=O)O)c1ccccc1.[KH].[NaH]. The van der Waals surface area contributed by atoms with E-state index in [-0.39, 0.29) is 87.4 Å². The van der Waals surface area contributed by atoms with Gasteiger partial charge in [-0.2, -0.15) is 0 Å². The molecule has 0 fully saturated rings. The summed E-state index contributed by atoms with van der Waals surface area (Å²) in [5.41, 5.74) is -1.51. The minimum atomic E-state index is -1.82. The zero-order valence-electron chi connectivity index (χ0n) is 9.01. The third kappa shape index (κ3) is 4.42. The zero-order chi connectivity index (χ0) is 12.2. The molecule has 1 aromatic carbocycles.